The van der Waals surface area contributed by atoms with E-state index in [0.29, 0.717) is 13.1 Å². The molecule has 1 heterocycles. The fourth-order valence-electron chi connectivity index (χ4n) is 2.64. The Hall–Kier alpha value is -2.10. The summed E-state index contributed by atoms with van der Waals surface area (Å²) < 4.78 is 1.84. The van der Waals surface area contributed by atoms with Crippen LogP contribution in [0.2, 0.25) is 0 Å². The molecule has 8 heteroatoms. The third kappa shape index (κ3) is 6.85. The SMILES string of the molecule is CN=C(NCCNC(=O)C1CC1)NCCc1ccc(-n2cccn2)cc1.I. The van der Waals surface area contributed by atoms with E-state index in [1.807, 2.05) is 16.9 Å². The first-order valence-electron chi connectivity index (χ1n) is 9.07. The van der Waals surface area contributed by atoms with Crippen molar-refractivity contribution in [2.24, 2.45) is 10.9 Å². The van der Waals surface area contributed by atoms with E-state index < -0.39 is 0 Å². The van der Waals surface area contributed by atoms with Crippen LogP contribution in [0.25, 0.3) is 5.69 Å². The number of guanidine groups is 1. The summed E-state index contributed by atoms with van der Waals surface area (Å²) >= 11 is 0. The average Bonchev–Trinajstić information content (AvgIpc) is 3.38. The fourth-order valence-corrected chi connectivity index (χ4v) is 2.64. The zero-order valence-corrected chi connectivity index (χ0v) is 17.8. The molecule has 1 aliphatic carbocycles. The number of hydrogen-bond acceptors (Lipinski definition) is 3. The van der Waals surface area contributed by atoms with Crippen LogP contribution in [0, 0.1) is 5.92 Å². The van der Waals surface area contributed by atoms with Gasteiger partial charge in [0, 0.05) is 45.0 Å². The van der Waals surface area contributed by atoms with Crippen molar-refractivity contribution in [3.8, 4) is 5.69 Å². The second-order valence-electron chi connectivity index (χ2n) is 6.36. The van der Waals surface area contributed by atoms with Gasteiger partial charge in [-0.1, -0.05) is 12.1 Å². The first kappa shape index (κ1) is 21.2. The predicted octanol–water partition coefficient (Wildman–Crippen LogP) is 1.72. The van der Waals surface area contributed by atoms with Crippen LogP contribution in [-0.4, -0.2) is 48.3 Å². The number of rotatable bonds is 8. The van der Waals surface area contributed by atoms with Crippen molar-refractivity contribution in [3.05, 3.63) is 48.3 Å². The van der Waals surface area contributed by atoms with E-state index in [2.05, 4.69) is 50.3 Å². The normalized spacial score (nSPS) is 13.6. The van der Waals surface area contributed by atoms with Crippen molar-refractivity contribution in [2.45, 2.75) is 19.3 Å². The number of nitrogens with zero attached hydrogens (tertiary/aromatic N) is 3. The molecule has 1 amide bonds. The van der Waals surface area contributed by atoms with Crippen molar-refractivity contribution in [1.82, 2.24) is 25.7 Å². The molecule has 1 aliphatic rings. The van der Waals surface area contributed by atoms with E-state index in [4.69, 9.17) is 0 Å². The number of aliphatic imine (C=N–C) groups is 1. The minimum absolute atomic E-state index is 0. The van der Waals surface area contributed by atoms with Gasteiger partial charge in [0.05, 0.1) is 5.69 Å². The van der Waals surface area contributed by atoms with E-state index in [1.165, 1.54) is 5.56 Å². The highest BCUT2D eigenvalue weighted by Crippen LogP contribution is 2.28. The van der Waals surface area contributed by atoms with Crippen LogP contribution in [0.5, 0.6) is 0 Å². The average molecular weight is 482 g/mol. The Labute approximate surface area is 177 Å². The van der Waals surface area contributed by atoms with Crippen LogP contribution in [0.3, 0.4) is 0 Å². The third-order valence-corrected chi connectivity index (χ3v) is 4.30. The van der Waals surface area contributed by atoms with E-state index in [9.17, 15) is 4.79 Å². The molecule has 0 atom stereocenters. The largest absolute Gasteiger partial charge is 0.356 e. The lowest BCUT2D eigenvalue weighted by Gasteiger charge is -2.12. The summed E-state index contributed by atoms with van der Waals surface area (Å²) in [7, 11) is 1.75. The van der Waals surface area contributed by atoms with Crippen molar-refractivity contribution < 1.29 is 4.79 Å². The molecule has 7 nitrogen and oxygen atoms in total. The van der Waals surface area contributed by atoms with Crippen LogP contribution in [0.1, 0.15) is 18.4 Å². The Morgan fingerprint density at radius 1 is 1.15 bits per heavy atom. The highest BCUT2D eigenvalue weighted by atomic mass is 127. The second kappa shape index (κ2) is 10.9. The van der Waals surface area contributed by atoms with Gasteiger partial charge >= 0.3 is 0 Å². The molecule has 0 bridgehead atoms. The Bertz CT molecular complexity index is 725. The Balaban J connectivity index is 0.00000261. The van der Waals surface area contributed by atoms with Crippen LogP contribution < -0.4 is 16.0 Å². The van der Waals surface area contributed by atoms with Gasteiger partial charge in [0.2, 0.25) is 5.91 Å². The predicted molar refractivity (Wildman–Crippen MR) is 118 cm³/mol. The number of halogens is 1. The van der Waals surface area contributed by atoms with E-state index in [-0.39, 0.29) is 35.8 Å². The van der Waals surface area contributed by atoms with Crippen LogP contribution >= 0.6 is 24.0 Å². The van der Waals surface area contributed by atoms with Gasteiger partial charge in [0.25, 0.3) is 0 Å². The topological polar surface area (TPSA) is 83.3 Å². The van der Waals surface area contributed by atoms with Crippen molar-refractivity contribution in [2.75, 3.05) is 26.7 Å². The van der Waals surface area contributed by atoms with E-state index in [1.54, 1.807) is 13.2 Å². The number of carbonyl (C=O) groups excluding carboxylic acids is 1. The van der Waals surface area contributed by atoms with Crippen LogP contribution in [-0.2, 0) is 11.2 Å². The maximum atomic E-state index is 11.6. The summed E-state index contributed by atoms with van der Waals surface area (Å²) in [6.45, 7) is 2.07. The van der Waals surface area contributed by atoms with Gasteiger partial charge in [-0.05, 0) is 43.0 Å². The van der Waals surface area contributed by atoms with Gasteiger partial charge in [-0.15, -0.1) is 24.0 Å². The fraction of sp³-hybridized carbons (Fsp3) is 0.421. The third-order valence-electron chi connectivity index (χ3n) is 4.30. The molecule has 1 aromatic carbocycles. The van der Waals surface area contributed by atoms with Gasteiger partial charge < -0.3 is 16.0 Å². The van der Waals surface area contributed by atoms with Gasteiger partial charge in [-0.25, -0.2) is 4.68 Å². The molecule has 1 saturated carbocycles. The van der Waals surface area contributed by atoms with Gasteiger partial charge in [0.15, 0.2) is 5.96 Å². The van der Waals surface area contributed by atoms with Gasteiger partial charge in [0.1, 0.15) is 0 Å². The number of hydrogen-bond donors (Lipinski definition) is 3. The van der Waals surface area contributed by atoms with E-state index in [0.717, 1.165) is 37.5 Å². The lowest BCUT2D eigenvalue weighted by Crippen LogP contribution is -2.42. The molecule has 0 aliphatic heterocycles. The molecule has 1 aromatic heterocycles. The molecule has 146 valence electrons. The molecule has 0 saturated heterocycles. The molecule has 0 unspecified atom stereocenters. The van der Waals surface area contributed by atoms with Crippen molar-refractivity contribution >= 4 is 35.8 Å². The summed E-state index contributed by atoms with van der Waals surface area (Å²) in [5.74, 6) is 1.18. The summed E-state index contributed by atoms with van der Waals surface area (Å²) in [5, 5.41) is 13.7. The maximum absolute atomic E-state index is 11.6. The molecule has 2 aromatic rings. The number of amides is 1. The Morgan fingerprint density at radius 3 is 2.48 bits per heavy atom. The summed E-state index contributed by atoms with van der Waals surface area (Å²) in [6, 6.07) is 10.3. The zero-order chi connectivity index (χ0) is 18.2. The molecule has 3 N–H and O–H groups in total. The first-order valence-corrected chi connectivity index (χ1v) is 9.07. The maximum Gasteiger partial charge on any atom is 0.223 e. The summed E-state index contributed by atoms with van der Waals surface area (Å²) in [5.41, 5.74) is 2.30. The van der Waals surface area contributed by atoms with Crippen molar-refractivity contribution in [1.29, 1.82) is 0 Å². The number of carbonyl (C=O) groups is 1. The Morgan fingerprint density at radius 2 is 1.85 bits per heavy atom. The molecular formula is C19H27IN6O. The monoisotopic (exact) mass is 482 g/mol. The zero-order valence-electron chi connectivity index (χ0n) is 15.5. The molecule has 3 rings (SSSR count). The first-order chi connectivity index (χ1) is 12.8. The minimum Gasteiger partial charge on any atom is -0.356 e. The summed E-state index contributed by atoms with van der Waals surface area (Å²) in [6.07, 6.45) is 6.67. The van der Waals surface area contributed by atoms with Crippen LogP contribution in [0.15, 0.2) is 47.7 Å². The molecule has 27 heavy (non-hydrogen) atoms. The number of aromatic nitrogens is 2. The molecule has 0 spiro atoms. The number of benzene rings is 1. The lowest BCUT2D eigenvalue weighted by atomic mass is 10.1. The highest BCUT2D eigenvalue weighted by Gasteiger charge is 2.28. The smallest absolute Gasteiger partial charge is 0.223 e. The van der Waals surface area contributed by atoms with Gasteiger partial charge in [-0.3, -0.25) is 9.79 Å². The standard InChI is InChI=1S/C19H26N6O.HI/c1-20-19(23-13-12-21-18(26)16-5-6-16)22-11-9-15-3-7-17(8-4-15)25-14-2-10-24-25;/h2-4,7-8,10,14,16H,5-6,9,11-13H2,1H3,(H,21,26)(H2,20,22,23);1H. The van der Waals surface area contributed by atoms with Crippen molar-refractivity contribution in [3.63, 3.8) is 0 Å². The highest BCUT2D eigenvalue weighted by molar-refractivity contribution is 14.0. The Kier molecular flexibility index (Phi) is 8.56. The minimum atomic E-state index is 0. The quantitative estimate of drug-likeness (QED) is 0.232. The van der Waals surface area contributed by atoms with Crippen LogP contribution in [0.4, 0.5) is 0 Å². The van der Waals surface area contributed by atoms with E-state index >= 15 is 0 Å². The lowest BCUT2D eigenvalue weighted by molar-refractivity contribution is -0.122. The second-order valence-corrected chi connectivity index (χ2v) is 6.36. The molecule has 0 radical (unpaired) electrons. The van der Waals surface area contributed by atoms with Gasteiger partial charge in [-0.2, -0.15) is 5.10 Å². The molecular weight excluding hydrogens is 455 g/mol. The molecule has 1 fully saturated rings. The summed E-state index contributed by atoms with van der Waals surface area (Å²) in [4.78, 5) is 15.8. The number of nitrogens with one attached hydrogen (secondary N) is 3.